The molecule has 0 radical (unpaired) electrons. The van der Waals surface area contributed by atoms with Gasteiger partial charge in [0.1, 0.15) is 5.82 Å². The highest BCUT2D eigenvalue weighted by molar-refractivity contribution is 6.02. The summed E-state index contributed by atoms with van der Waals surface area (Å²) in [4.78, 5) is 14.2. The van der Waals surface area contributed by atoms with Gasteiger partial charge in [0.15, 0.2) is 5.96 Å². The molecule has 1 aromatic rings. The van der Waals surface area contributed by atoms with Crippen LogP contribution in [0.2, 0.25) is 0 Å². The molecule has 0 unspecified atom stereocenters. The first kappa shape index (κ1) is 16.2. The van der Waals surface area contributed by atoms with Crippen molar-refractivity contribution < 1.29 is 22.4 Å². The summed E-state index contributed by atoms with van der Waals surface area (Å²) in [6.45, 7) is 0. The summed E-state index contributed by atoms with van der Waals surface area (Å²) in [5.74, 6) is -3.07. The summed E-state index contributed by atoms with van der Waals surface area (Å²) in [5, 5.41) is 0. The number of hydrogen-bond donors (Lipinski definition) is 2. The first-order valence-electron chi connectivity index (χ1n) is 4.22. The van der Waals surface area contributed by atoms with E-state index in [2.05, 4.69) is 4.99 Å². The lowest BCUT2D eigenvalue weighted by Gasteiger charge is -2.10. The molecule has 0 spiro atoms. The Morgan fingerprint density at radius 2 is 1.78 bits per heavy atom. The van der Waals surface area contributed by atoms with Crippen molar-refractivity contribution in [2.45, 2.75) is 6.18 Å². The Hall–Kier alpha value is -1.83. The number of carbonyl (C=O) groups is 1. The lowest BCUT2D eigenvalue weighted by atomic mass is 10.1. The van der Waals surface area contributed by atoms with Crippen LogP contribution in [0.3, 0.4) is 0 Å². The van der Waals surface area contributed by atoms with Crippen molar-refractivity contribution in [2.24, 2.45) is 16.5 Å². The van der Waals surface area contributed by atoms with Crippen molar-refractivity contribution in [1.82, 2.24) is 0 Å². The highest BCUT2D eigenvalue weighted by Gasteiger charge is 2.35. The quantitative estimate of drug-likeness (QED) is 0.468. The van der Waals surface area contributed by atoms with Gasteiger partial charge in [0.2, 0.25) is 0 Å². The molecule has 9 heteroatoms. The van der Waals surface area contributed by atoms with Gasteiger partial charge in [-0.25, -0.2) is 4.39 Å². The predicted molar refractivity (Wildman–Crippen MR) is 58.8 cm³/mol. The summed E-state index contributed by atoms with van der Waals surface area (Å²) in [7, 11) is 0. The van der Waals surface area contributed by atoms with Crippen LogP contribution in [0.15, 0.2) is 23.2 Å². The molecule has 4 nitrogen and oxygen atoms in total. The van der Waals surface area contributed by atoms with Crippen molar-refractivity contribution in [1.29, 1.82) is 0 Å². The molecular formula is C9H8ClF4N3O. The van der Waals surface area contributed by atoms with Crippen LogP contribution < -0.4 is 11.5 Å². The smallest absolute Gasteiger partial charge is 0.370 e. The van der Waals surface area contributed by atoms with Crippen molar-refractivity contribution in [3.63, 3.8) is 0 Å². The molecule has 0 aromatic heterocycles. The number of amides is 1. The van der Waals surface area contributed by atoms with Crippen molar-refractivity contribution in [3.05, 3.63) is 35.1 Å². The number of nitrogens with two attached hydrogens (primary N) is 2. The second kappa shape index (κ2) is 5.67. The van der Waals surface area contributed by atoms with Gasteiger partial charge in [-0.1, -0.05) is 0 Å². The Balaban J connectivity index is 0.00000289. The maximum Gasteiger partial charge on any atom is 0.417 e. The Bertz CT molecular complexity index is 483. The second-order valence-electron chi connectivity index (χ2n) is 3.03. The van der Waals surface area contributed by atoms with Gasteiger partial charge in [0.05, 0.1) is 11.1 Å². The lowest BCUT2D eigenvalue weighted by Crippen LogP contribution is -2.25. The van der Waals surface area contributed by atoms with E-state index in [1.54, 1.807) is 0 Å². The summed E-state index contributed by atoms with van der Waals surface area (Å²) < 4.78 is 50.2. The third kappa shape index (κ3) is 3.88. The van der Waals surface area contributed by atoms with Gasteiger partial charge < -0.3 is 11.5 Å². The van der Waals surface area contributed by atoms with E-state index in [0.717, 1.165) is 0 Å². The van der Waals surface area contributed by atoms with Gasteiger partial charge in [0, 0.05) is 0 Å². The minimum atomic E-state index is -4.87. The van der Waals surface area contributed by atoms with E-state index < -0.39 is 35.0 Å². The number of nitrogens with zero attached hydrogens (tertiary/aromatic N) is 1. The maximum absolute atomic E-state index is 12.7. The van der Waals surface area contributed by atoms with E-state index in [1.165, 1.54) is 0 Å². The molecule has 0 atom stereocenters. The lowest BCUT2D eigenvalue weighted by molar-refractivity contribution is -0.138. The molecule has 0 fully saturated rings. The molecule has 0 saturated heterocycles. The number of guanidine groups is 1. The minimum Gasteiger partial charge on any atom is -0.370 e. The third-order valence-electron chi connectivity index (χ3n) is 1.75. The molecule has 0 bridgehead atoms. The van der Waals surface area contributed by atoms with Gasteiger partial charge in [0.25, 0.3) is 5.91 Å². The molecule has 0 aliphatic carbocycles. The van der Waals surface area contributed by atoms with E-state index in [9.17, 15) is 22.4 Å². The molecule has 1 aromatic carbocycles. The average molecular weight is 286 g/mol. The number of rotatable bonds is 1. The highest BCUT2D eigenvalue weighted by atomic mass is 35.5. The molecular weight excluding hydrogens is 278 g/mol. The Morgan fingerprint density at radius 3 is 2.22 bits per heavy atom. The Kier molecular flexibility index (Phi) is 5.10. The SMILES string of the molecule is Cl.NC(N)=NC(=O)c1ccc(F)cc1C(F)(F)F. The van der Waals surface area contributed by atoms with E-state index in [0.29, 0.717) is 12.1 Å². The fourth-order valence-electron chi connectivity index (χ4n) is 1.11. The maximum atomic E-state index is 12.7. The van der Waals surface area contributed by atoms with Crippen LogP contribution >= 0.6 is 12.4 Å². The first-order valence-corrected chi connectivity index (χ1v) is 4.22. The number of alkyl halides is 3. The number of benzene rings is 1. The van der Waals surface area contributed by atoms with Gasteiger partial charge in [-0.15, -0.1) is 12.4 Å². The van der Waals surface area contributed by atoms with E-state index in [4.69, 9.17) is 11.5 Å². The summed E-state index contributed by atoms with van der Waals surface area (Å²) in [6.07, 6.45) is -4.87. The Labute approximate surface area is 105 Å². The van der Waals surface area contributed by atoms with Gasteiger partial charge >= 0.3 is 6.18 Å². The monoisotopic (exact) mass is 285 g/mol. The van der Waals surface area contributed by atoms with Gasteiger partial charge in [-0.3, -0.25) is 4.79 Å². The molecule has 0 aliphatic heterocycles. The molecule has 0 aliphatic rings. The van der Waals surface area contributed by atoms with Crippen molar-refractivity contribution >= 4 is 24.3 Å². The van der Waals surface area contributed by atoms with E-state index in [-0.39, 0.29) is 18.5 Å². The standard InChI is InChI=1S/C9H7F4N3O.ClH/c10-4-1-2-5(7(17)16-8(14)15)6(3-4)9(11,12)13;/h1-3H,(H4,14,15,16,17);1H. The topological polar surface area (TPSA) is 81.5 Å². The molecule has 1 rings (SSSR count). The van der Waals surface area contributed by atoms with Crippen LogP contribution in [-0.2, 0) is 6.18 Å². The van der Waals surface area contributed by atoms with Crippen LogP contribution in [0.5, 0.6) is 0 Å². The first-order chi connectivity index (χ1) is 7.71. The minimum absolute atomic E-state index is 0. The number of halogens is 5. The fraction of sp³-hybridized carbons (Fsp3) is 0.111. The molecule has 100 valence electrons. The molecule has 0 saturated carbocycles. The highest BCUT2D eigenvalue weighted by Crippen LogP contribution is 2.32. The molecule has 0 heterocycles. The normalized spacial score (nSPS) is 10.4. The molecule has 18 heavy (non-hydrogen) atoms. The largest absolute Gasteiger partial charge is 0.417 e. The van der Waals surface area contributed by atoms with Gasteiger partial charge in [-0.2, -0.15) is 18.2 Å². The number of aliphatic imine (C=N–C) groups is 1. The van der Waals surface area contributed by atoms with E-state index >= 15 is 0 Å². The van der Waals surface area contributed by atoms with Crippen LogP contribution in [0.25, 0.3) is 0 Å². The summed E-state index contributed by atoms with van der Waals surface area (Å²) in [5.41, 5.74) is 7.51. The average Bonchev–Trinajstić information content (AvgIpc) is 2.14. The zero-order valence-electron chi connectivity index (χ0n) is 8.66. The summed E-state index contributed by atoms with van der Waals surface area (Å²) >= 11 is 0. The van der Waals surface area contributed by atoms with Crippen molar-refractivity contribution in [3.8, 4) is 0 Å². The number of carbonyl (C=O) groups excluding carboxylic acids is 1. The third-order valence-corrected chi connectivity index (χ3v) is 1.75. The van der Waals surface area contributed by atoms with Crippen LogP contribution in [-0.4, -0.2) is 11.9 Å². The Morgan fingerprint density at radius 1 is 1.22 bits per heavy atom. The zero-order chi connectivity index (χ0) is 13.2. The molecule has 1 amide bonds. The van der Waals surface area contributed by atoms with E-state index in [1.807, 2.05) is 0 Å². The van der Waals surface area contributed by atoms with Gasteiger partial charge in [-0.05, 0) is 18.2 Å². The van der Waals surface area contributed by atoms with Crippen LogP contribution in [0.1, 0.15) is 15.9 Å². The summed E-state index contributed by atoms with van der Waals surface area (Å²) in [6, 6.07) is 1.59. The number of hydrogen-bond acceptors (Lipinski definition) is 1. The van der Waals surface area contributed by atoms with Crippen LogP contribution in [0.4, 0.5) is 17.6 Å². The fourth-order valence-corrected chi connectivity index (χ4v) is 1.11. The van der Waals surface area contributed by atoms with Crippen molar-refractivity contribution in [2.75, 3.05) is 0 Å². The van der Waals surface area contributed by atoms with Crippen LogP contribution in [0, 0.1) is 5.82 Å². The predicted octanol–water partition coefficient (Wildman–Crippen LogP) is 1.68. The second-order valence-corrected chi connectivity index (χ2v) is 3.03. The molecule has 4 N–H and O–H groups in total. The zero-order valence-corrected chi connectivity index (χ0v) is 9.48.